The van der Waals surface area contributed by atoms with Crippen LogP contribution in [0, 0.1) is 0 Å². The van der Waals surface area contributed by atoms with Crippen LogP contribution in [-0.4, -0.2) is 43.5 Å². The van der Waals surface area contributed by atoms with Gasteiger partial charge in [-0.15, -0.1) is 0 Å². The highest BCUT2D eigenvalue weighted by Crippen LogP contribution is 2.34. The molecule has 0 radical (unpaired) electrons. The second kappa shape index (κ2) is 12.3. The third kappa shape index (κ3) is 6.30. The van der Waals surface area contributed by atoms with Gasteiger partial charge in [-0.2, -0.15) is 0 Å². The Bertz CT molecular complexity index is 1540. The molecule has 8 nitrogen and oxygen atoms in total. The molecule has 0 aliphatic heterocycles. The minimum absolute atomic E-state index is 0.0197. The number of fused-ring (bicyclic) bond motifs is 1. The number of para-hydroxylation sites is 1. The summed E-state index contributed by atoms with van der Waals surface area (Å²) in [5, 5.41) is 5.67. The molecule has 0 aliphatic carbocycles. The lowest BCUT2D eigenvalue weighted by Gasteiger charge is -2.23. The molecule has 4 rings (SSSR count). The van der Waals surface area contributed by atoms with E-state index in [0.29, 0.717) is 40.6 Å². The molecule has 0 fully saturated rings. The Kier molecular flexibility index (Phi) is 8.68. The van der Waals surface area contributed by atoms with Crippen LogP contribution in [0.15, 0.2) is 84.2 Å². The zero-order chi connectivity index (χ0) is 27.9. The number of aldehydes is 1. The molecular weight excluding hydrogens is 516 g/mol. The van der Waals surface area contributed by atoms with Crippen molar-refractivity contribution in [3.63, 3.8) is 0 Å². The number of carbonyl (C=O) groups is 2. The number of hydrazine groups is 1. The molecule has 1 heterocycles. The van der Waals surface area contributed by atoms with E-state index in [-0.39, 0.29) is 5.57 Å². The number of aromatic nitrogens is 1. The van der Waals surface area contributed by atoms with Crippen LogP contribution in [0.25, 0.3) is 10.9 Å². The predicted octanol–water partition coefficient (Wildman–Crippen LogP) is 5.87. The number of rotatable bonds is 10. The van der Waals surface area contributed by atoms with Gasteiger partial charge in [0.1, 0.15) is 5.57 Å². The van der Waals surface area contributed by atoms with Crippen molar-refractivity contribution in [1.29, 1.82) is 0 Å². The van der Waals surface area contributed by atoms with E-state index in [1.165, 1.54) is 0 Å². The summed E-state index contributed by atoms with van der Waals surface area (Å²) in [6.07, 6.45) is 2.87. The van der Waals surface area contributed by atoms with Gasteiger partial charge in [0.25, 0.3) is 5.91 Å². The zero-order valence-corrected chi connectivity index (χ0v) is 22.9. The average Bonchev–Trinajstić information content (AvgIpc) is 2.94. The molecule has 3 aromatic carbocycles. The van der Waals surface area contributed by atoms with Crippen LogP contribution in [0.2, 0.25) is 5.02 Å². The van der Waals surface area contributed by atoms with Gasteiger partial charge in [0, 0.05) is 30.4 Å². The molecule has 39 heavy (non-hydrogen) atoms. The number of ether oxygens (including phenoxy) is 2. The normalized spacial score (nSPS) is 11.4. The Morgan fingerprint density at radius 3 is 2.41 bits per heavy atom. The molecule has 0 unspecified atom stereocenters. The molecule has 0 aliphatic rings. The van der Waals surface area contributed by atoms with Crippen LogP contribution >= 0.6 is 11.6 Å². The molecule has 0 spiro atoms. The van der Waals surface area contributed by atoms with Gasteiger partial charge in [0.15, 0.2) is 17.8 Å². The van der Waals surface area contributed by atoms with Gasteiger partial charge in [-0.25, -0.2) is 0 Å². The first-order chi connectivity index (χ1) is 18.8. The maximum atomic E-state index is 13.0. The summed E-state index contributed by atoms with van der Waals surface area (Å²) in [4.78, 5) is 29.3. The van der Waals surface area contributed by atoms with Crippen LogP contribution in [-0.2, 0) is 16.0 Å². The topological polar surface area (TPSA) is 92.8 Å². The van der Waals surface area contributed by atoms with E-state index in [9.17, 15) is 9.59 Å². The van der Waals surface area contributed by atoms with Crippen molar-refractivity contribution in [3.05, 3.63) is 100 Å². The van der Waals surface area contributed by atoms with Crippen molar-refractivity contribution in [2.75, 3.05) is 32.0 Å². The van der Waals surface area contributed by atoms with Gasteiger partial charge < -0.3 is 14.8 Å². The first-order valence-electron chi connectivity index (χ1n) is 12.2. The van der Waals surface area contributed by atoms with Crippen LogP contribution in [0.5, 0.6) is 11.5 Å². The molecule has 0 atom stereocenters. The summed E-state index contributed by atoms with van der Waals surface area (Å²) in [6, 6.07) is 20.6. The average molecular weight is 545 g/mol. The highest BCUT2D eigenvalue weighted by Gasteiger charge is 2.17. The highest BCUT2D eigenvalue weighted by atomic mass is 35.5. The van der Waals surface area contributed by atoms with Gasteiger partial charge in [-0.3, -0.25) is 25.0 Å². The number of carbonyl (C=O) groups excluding carboxylic acids is 2. The number of pyridine rings is 1. The maximum absolute atomic E-state index is 13.0. The van der Waals surface area contributed by atoms with E-state index in [0.717, 1.165) is 27.7 Å². The number of nitrogens with zero attached hydrogens (tertiary/aromatic N) is 2. The largest absolute Gasteiger partial charge is 0.493 e. The monoisotopic (exact) mass is 544 g/mol. The molecule has 4 aromatic rings. The Morgan fingerprint density at radius 1 is 1.03 bits per heavy atom. The Hall–Kier alpha value is -4.56. The molecule has 0 saturated heterocycles. The molecule has 0 bridgehead atoms. The van der Waals surface area contributed by atoms with E-state index < -0.39 is 5.91 Å². The predicted molar refractivity (Wildman–Crippen MR) is 154 cm³/mol. The maximum Gasteiger partial charge on any atom is 0.260 e. The minimum Gasteiger partial charge on any atom is -0.493 e. The number of halogens is 1. The summed E-state index contributed by atoms with van der Waals surface area (Å²) < 4.78 is 10.9. The lowest BCUT2D eigenvalue weighted by Crippen LogP contribution is -2.28. The van der Waals surface area contributed by atoms with Crippen molar-refractivity contribution < 1.29 is 19.1 Å². The van der Waals surface area contributed by atoms with Crippen LogP contribution in [0.3, 0.4) is 0 Å². The SMILES string of the molecule is COc1cc2nccc(Cc3ccc(NC(=O)/C(C=O)=C(\C)N(C)Nc4ccccc4)c(Cl)c3)c2cc1OC. The lowest BCUT2D eigenvalue weighted by molar-refractivity contribution is -0.115. The number of anilines is 2. The zero-order valence-electron chi connectivity index (χ0n) is 22.1. The number of methoxy groups -OCH3 is 2. The molecule has 0 saturated carbocycles. The number of hydrogen-bond acceptors (Lipinski definition) is 7. The first kappa shape index (κ1) is 27.5. The van der Waals surface area contributed by atoms with E-state index in [1.54, 1.807) is 51.5 Å². The minimum atomic E-state index is -0.556. The molecule has 200 valence electrons. The van der Waals surface area contributed by atoms with E-state index in [1.807, 2.05) is 54.6 Å². The fraction of sp³-hybridized carbons (Fsp3) is 0.167. The van der Waals surface area contributed by atoms with Crippen LogP contribution in [0.1, 0.15) is 18.1 Å². The van der Waals surface area contributed by atoms with E-state index in [4.69, 9.17) is 21.1 Å². The van der Waals surface area contributed by atoms with Crippen LogP contribution in [0.4, 0.5) is 11.4 Å². The van der Waals surface area contributed by atoms with Crippen molar-refractivity contribution in [3.8, 4) is 11.5 Å². The Balaban J connectivity index is 1.52. The Morgan fingerprint density at radius 2 is 1.74 bits per heavy atom. The second-order valence-electron chi connectivity index (χ2n) is 8.79. The summed E-state index contributed by atoms with van der Waals surface area (Å²) in [7, 11) is 4.91. The molecule has 1 aromatic heterocycles. The van der Waals surface area contributed by atoms with Crippen molar-refractivity contribution in [2.45, 2.75) is 13.3 Å². The number of benzene rings is 3. The smallest absolute Gasteiger partial charge is 0.260 e. The van der Waals surface area contributed by atoms with Gasteiger partial charge in [-0.05, 0) is 60.9 Å². The molecule has 1 amide bonds. The van der Waals surface area contributed by atoms with Gasteiger partial charge in [0.05, 0.1) is 36.1 Å². The first-order valence-corrected chi connectivity index (χ1v) is 12.5. The number of allylic oxidation sites excluding steroid dienone is 1. The quantitative estimate of drug-likeness (QED) is 0.0848. The number of amides is 1. The third-order valence-electron chi connectivity index (χ3n) is 6.34. The third-order valence-corrected chi connectivity index (χ3v) is 6.65. The van der Waals surface area contributed by atoms with Crippen molar-refractivity contribution >= 4 is 46.1 Å². The van der Waals surface area contributed by atoms with E-state index >= 15 is 0 Å². The summed E-state index contributed by atoms with van der Waals surface area (Å²) in [6.45, 7) is 1.69. The second-order valence-corrected chi connectivity index (χ2v) is 9.20. The van der Waals surface area contributed by atoms with Gasteiger partial charge >= 0.3 is 0 Å². The molecule has 2 N–H and O–H groups in total. The fourth-order valence-corrected chi connectivity index (χ4v) is 4.39. The fourth-order valence-electron chi connectivity index (χ4n) is 4.14. The number of hydrogen-bond donors (Lipinski definition) is 2. The van der Waals surface area contributed by atoms with Crippen LogP contribution < -0.4 is 20.2 Å². The van der Waals surface area contributed by atoms with Gasteiger partial charge in [-0.1, -0.05) is 35.9 Å². The summed E-state index contributed by atoms with van der Waals surface area (Å²) in [5.41, 5.74) is 7.56. The van der Waals surface area contributed by atoms with Gasteiger partial charge in [0.2, 0.25) is 0 Å². The van der Waals surface area contributed by atoms with Crippen molar-refractivity contribution in [2.24, 2.45) is 0 Å². The standard InChI is InChI=1S/C30H29ClN4O4/c1-19(35(2)34-22-8-6-5-7-9-22)24(18-36)30(37)33-26-11-10-20(15-25(26)31)14-21-12-13-32-27-17-29(39-4)28(38-3)16-23(21)27/h5-13,15-18,34H,14H2,1-4H3,(H,33,37)/b24-19+. The molecular formula is C30H29ClN4O4. The molecule has 9 heteroatoms. The Labute approximate surface area is 232 Å². The summed E-state index contributed by atoms with van der Waals surface area (Å²) >= 11 is 6.55. The highest BCUT2D eigenvalue weighted by molar-refractivity contribution is 6.34. The lowest BCUT2D eigenvalue weighted by atomic mass is 10.0. The number of nitrogens with one attached hydrogen (secondary N) is 2. The van der Waals surface area contributed by atoms with E-state index in [2.05, 4.69) is 15.7 Å². The van der Waals surface area contributed by atoms with Crippen molar-refractivity contribution in [1.82, 2.24) is 9.99 Å². The summed E-state index contributed by atoms with van der Waals surface area (Å²) in [5.74, 6) is 0.674.